The normalized spacial score (nSPS) is 14.6. The number of rotatable bonds is 4. The molecule has 0 bridgehead atoms. The fourth-order valence-corrected chi connectivity index (χ4v) is 3.56. The highest BCUT2D eigenvalue weighted by molar-refractivity contribution is 6.02. The van der Waals surface area contributed by atoms with Gasteiger partial charge < -0.3 is 10.2 Å². The molecular formula is C22H24N4O2. The minimum absolute atomic E-state index is 0.0429. The predicted octanol–water partition coefficient (Wildman–Crippen LogP) is 3.06. The Morgan fingerprint density at radius 1 is 1.14 bits per heavy atom. The number of carbonyl (C=O) groups is 2. The van der Waals surface area contributed by atoms with Gasteiger partial charge in [0.25, 0.3) is 11.8 Å². The molecule has 0 saturated heterocycles. The number of hydrogen-bond donors (Lipinski definition) is 1. The van der Waals surface area contributed by atoms with Gasteiger partial charge in [-0.05, 0) is 43.0 Å². The van der Waals surface area contributed by atoms with Gasteiger partial charge in [-0.15, -0.1) is 0 Å². The molecule has 0 saturated carbocycles. The molecule has 6 nitrogen and oxygen atoms in total. The molecule has 6 heteroatoms. The Labute approximate surface area is 164 Å². The Hall–Kier alpha value is -3.15. The van der Waals surface area contributed by atoms with Crippen LogP contribution < -0.4 is 5.32 Å². The molecule has 0 fully saturated rings. The smallest absolute Gasteiger partial charge is 0.287 e. The van der Waals surface area contributed by atoms with E-state index in [4.69, 9.17) is 0 Å². The van der Waals surface area contributed by atoms with Crippen LogP contribution >= 0.6 is 0 Å². The van der Waals surface area contributed by atoms with E-state index in [-0.39, 0.29) is 23.7 Å². The van der Waals surface area contributed by atoms with Crippen molar-refractivity contribution in [2.75, 3.05) is 6.54 Å². The van der Waals surface area contributed by atoms with Gasteiger partial charge in [-0.3, -0.25) is 14.0 Å². The average molecular weight is 376 g/mol. The van der Waals surface area contributed by atoms with Gasteiger partial charge in [0.2, 0.25) is 5.82 Å². The number of aromatic nitrogens is 2. The van der Waals surface area contributed by atoms with E-state index in [1.807, 2.05) is 49.1 Å². The summed E-state index contributed by atoms with van der Waals surface area (Å²) in [6.07, 6.45) is 3.43. The van der Waals surface area contributed by atoms with Gasteiger partial charge in [0.1, 0.15) is 0 Å². The van der Waals surface area contributed by atoms with Crippen LogP contribution in [0.2, 0.25) is 0 Å². The number of benzene rings is 1. The first-order chi connectivity index (χ1) is 13.6. The Balaban J connectivity index is 1.67. The molecule has 1 atom stereocenters. The largest absolute Gasteiger partial charge is 0.347 e. The SMILES string of the molecule is CCC(C)NC(=O)c1nc(C(=O)N2CCc3ccccc3C2)c2ccccn12. The highest BCUT2D eigenvalue weighted by atomic mass is 16.2. The molecule has 3 heterocycles. The van der Waals surface area contributed by atoms with Gasteiger partial charge in [-0.1, -0.05) is 37.3 Å². The van der Waals surface area contributed by atoms with Crippen molar-refractivity contribution in [2.45, 2.75) is 39.3 Å². The predicted molar refractivity (Wildman–Crippen MR) is 107 cm³/mol. The van der Waals surface area contributed by atoms with Crippen LogP contribution in [0.25, 0.3) is 5.52 Å². The lowest BCUT2D eigenvalue weighted by molar-refractivity contribution is 0.0731. The molecule has 1 aliphatic heterocycles. The molecule has 1 aliphatic rings. The fraction of sp³-hybridized carbons (Fsp3) is 0.318. The van der Waals surface area contributed by atoms with E-state index in [1.54, 1.807) is 10.6 Å². The van der Waals surface area contributed by atoms with Crippen molar-refractivity contribution in [1.82, 2.24) is 19.6 Å². The second kappa shape index (κ2) is 7.46. The van der Waals surface area contributed by atoms with Gasteiger partial charge in [0, 0.05) is 25.3 Å². The summed E-state index contributed by atoms with van der Waals surface area (Å²) in [7, 11) is 0. The van der Waals surface area contributed by atoms with Crippen molar-refractivity contribution in [1.29, 1.82) is 0 Å². The fourth-order valence-electron chi connectivity index (χ4n) is 3.56. The third-order valence-electron chi connectivity index (χ3n) is 5.36. The molecule has 0 aliphatic carbocycles. The molecule has 2 amide bonds. The maximum absolute atomic E-state index is 13.3. The van der Waals surface area contributed by atoms with Crippen LogP contribution in [0.4, 0.5) is 0 Å². The molecule has 28 heavy (non-hydrogen) atoms. The molecule has 4 rings (SSSR count). The third-order valence-corrected chi connectivity index (χ3v) is 5.36. The minimum Gasteiger partial charge on any atom is -0.347 e. The van der Waals surface area contributed by atoms with Crippen LogP contribution in [-0.4, -0.2) is 38.7 Å². The summed E-state index contributed by atoms with van der Waals surface area (Å²) in [6, 6.07) is 13.8. The standard InChI is InChI=1S/C22H24N4O2/c1-3-15(2)23-21(27)20-24-19(18-10-6-7-12-26(18)20)22(28)25-13-11-16-8-4-5-9-17(16)14-25/h4-10,12,15H,3,11,13-14H2,1-2H3,(H,23,27). The van der Waals surface area contributed by atoms with E-state index in [0.717, 1.165) is 12.8 Å². The molecule has 3 aromatic rings. The molecule has 0 radical (unpaired) electrons. The topological polar surface area (TPSA) is 66.7 Å². The van der Waals surface area contributed by atoms with Crippen LogP contribution in [-0.2, 0) is 13.0 Å². The van der Waals surface area contributed by atoms with Crippen LogP contribution in [0, 0.1) is 0 Å². The van der Waals surface area contributed by atoms with E-state index in [0.29, 0.717) is 24.3 Å². The molecule has 0 spiro atoms. The summed E-state index contributed by atoms with van der Waals surface area (Å²) in [5.41, 5.74) is 3.44. The van der Waals surface area contributed by atoms with Crippen LogP contribution in [0.5, 0.6) is 0 Å². The van der Waals surface area contributed by atoms with E-state index in [9.17, 15) is 9.59 Å². The number of imidazole rings is 1. The lowest BCUT2D eigenvalue weighted by atomic mass is 10.00. The third kappa shape index (κ3) is 3.26. The molecule has 2 aromatic heterocycles. The highest BCUT2D eigenvalue weighted by Gasteiger charge is 2.27. The summed E-state index contributed by atoms with van der Waals surface area (Å²) >= 11 is 0. The zero-order valence-electron chi connectivity index (χ0n) is 16.2. The van der Waals surface area contributed by atoms with Crippen molar-refractivity contribution >= 4 is 17.3 Å². The summed E-state index contributed by atoms with van der Waals surface area (Å²) in [5, 5.41) is 2.94. The number of fused-ring (bicyclic) bond motifs is 2. The Morgan fingerprint density at radius 2 is 1.89 bits per heavy atom. The van der Waals surface area contributed by atoms with Crippen LogP contribution in [0.3, 0.4) is 0 Å². The first-order valence-corrected chi connectivity index (χ1v) is 9.72. The van der Waals surface area contributed by atoms with E-state index in [2.05, 4.69) is 22.4 Å². The Morgan fingerprint density at radius 3 is 2.68 bits per heavy atom. The highest BCUT2D eigenvalue weighted by Crippen LogP contribution is 2.22. The van der Waals surface area contributed by atoms with Gasteiger partial charge >= 0.3 is 0 Å². The molecule has 1 N–H and O–H groups in total. The molecular weight excluding hydrogens is 352 g/mol. The number of nitrogens with zero attached hydrogens (tertiary/aromatic N) is 3. The summed E-state index contributed by atoms with van der Waals surface area (Å²) in [4.78, 5) is 32.2. The van der Waals surface area contributed by atoms with Gasteiger partial charge in [0.05, 0.1) is 5.52 Å². The van der Waals surface area contributed by atoms with E-state index < -0.39 is 0 Å². The zero-order chi connectivity index (χ0) is 19.7. The summed E-state index contributed by atoms with van der Waals surface area (Å²) in [5.74, 6) is -0.156. The van der Waals surface area contributed by atoms with Crippen LogP contribution in [0.1, 0.15) is 52.5 Å². The molecule has 144 valence electrons. The molecule has 1 aromatic carbocycles. The monoisotopic (exact) mass is 376 g/mol. The lowest BCUT2D eigenvalue weighted by Crippen LogP contribution is -2.36. The van der Waals surface area contributed by atoms with Gasteiger partial charge in [-0.25, -0.2) is 4.98 Å². The Bertz CT molecular complexity index is 1040. The number of amides is 2. The zero-order valence-corrected chi connectivity index (χ0v) is 16.2. The van der Waals surface area contributed by atoms with Crippen LogP contribution in [0.15, 0.2) is 48.7 Å². The first kappa shape index (κ1) is 18.2. The number of carbonyl (C=O) groups excluding carboxylic acids is 2. The Kier molecular flexibility index (Phi) is 4.86. The maximum atomic E-state index is 13.3. The van der Waals surface area contributed by atoms with Crippen molar-refractivity contribution in [2.24, 2.45) is 0 Å². The molecule has 1 unspecified atom stereocenters. The minimum atomic E-state index is -0.265. The van der Waals surface area contributed by atoms with Gasteiger partial charge in [-0.2, -0.15) is 0 Å². The maximum Gasteiger partial charge on any atom is 0.287 e. The van der Waals surface area contributed by atoms with Crippen molar-refractivity contribution in [3.05, 3.63) is 71.3 Å². The van der Waals surface area contributed by atoms with Crippen molar-refractivity contribution in [3.8, 4) is 0 Å². The second-order valence-electron chi connectivity index (χ2n) is 7.27. The number of nitrogens with one attached hydrogen (secondary N) is 1. The summed E-state index contributed by atoms with van der Waals surface area (Å²) in [6.45, 7) is 5.17. The average Bonchev–Trinajstić information content (AvgIpc) is 3.12. The number of pyridine rings is 1. The quantitative estimate of drug-likeness (QED) is 0.761. The van der Waals surface area contributed by atoms with Crippen molar-refractivity contribution in [3.63, 3.8) is 0 Å². The second-order valence-corrected chi connectivity index (χ2v) is 7.27. The summed E-state index contributed by atoms with van der Waals surface area (Å²) < 4.78 is 1.70. The lowest BCUT2D eigenvalue weighted by Gasteiger charge is -2.28. The van der Waals surface area contributed by atoms with E-state index in [1.165, 1.54) is 11.1 Å². The van der Waals surface area contributed by atoms with Crippen molar-refractivity contribution < 1.29 is 9.59 Å². The first-order valence-electron chi connectivity index (χ1n) is 9.72. The number of hydrogen-bond acceptors (Lipinski definition) is 3. The van der Waals surface area contributed by atoms with E-state index >= 15 is 0 Å². The van der Waals surface area contributed by atoms with Gasteiger partial charge in [0.15, 0.2) is 5.69 Å².